The number of carboxylic acids is 2. The number of hydrogen-bond acceptors (Lipinski definition) is 3. The summed E-state index contributed by atoms with van der Waals surface area (Å²) < 4.78 is 0. The molecule has 5 heteroatoms. The van der Waals surface area contributed by atoms with E-state index in [1.165, 1.54) is 4.90 Å². The number of nitrogens with zero attached hydrogens (tertiary/aromatic N) is 1. The van der Waals surface area contributed by atoms with E-state index in [2.05, 4.69) is 0 Å². The lowest BCUT2D eigenvalue weighted by Gasteiger charge is -2.08. The maximum Gasteiger partial charge on any atom is 0.338 e. The van der Waals surface area contributed by atoms with Gasteiger partial charge in [0.2, 0.25) is 6.04 Å². The summed E-state index contributed by atoms with van der Waals surface area (Å²) in [4.78, 5) is 22.6. The number of aliphatic carboxylic acids is 2. The highest BCUT2D eigenvalue weighted by Gasteiger charge is 2.43. The SMILES string of the molecule is O=C(O)C(C(=O)O)N1c2ccccc21. The Balaban J connectivity index is 2.27. The summed E-state index contributed by atoms with van der Waals surface area (Å²) in [6, 6.07) is 5.34. The van der Waals surface area contributed by atoms with Crippen LogP contribution < -0.4 is 4.90 Å². The van der Waals surface area contributed by atoms with Crippen LogP contribution in [0.5, 0.6) is 0 Å². The lowest BCUT2D eigenvalue weighted by Crippen LogP contribution is -2.38. The minimum absolute atomic E-state index is 0.669. The van der Waals surface area contributed by atoms with Crippen LogP contribution >= 0.6 is 0 Å². The normalized spacial score (nSPS) is 12.5. The van der Waals surface area contributed by atoms with Gasteiger partial charge in [0.05, 0.1) is 11.4 Å². The first-order valence-electron chi connectivity index (χ1n) is 3.97. The number of para-hydroxylation sites is 2. The van der Waals surface area contributed by atoms with Crippen LogP contribution in [0.2, 0.25) is 0 Å². The van der Waals surface area contributed by atoms with Crippen molar-refractivity contribution in [3.63, 3.8) is 0 Å². The molecule has 0 radical (unpaired) electrons. The van der Waals surface area contributed by atoms with Crippen molar-refractivity contribution in [2.24, 2.45) is 0 Å². The second-order valence-corrected chi connectivity index (χ2v) is 2.94. The summed E-state index contributed by atoms with van der Waals surface area (Å²) in [6.45, 7) is 0. The molecule has 1 aliphatic rings. The van der Waals surface area contributed by atoms with Crippen molar-refractivity contribution >= 4 is 23.3 Å². The Labute approximate surface area is 79.2 Å². The minimum Gasteiger partial charge on any atom is -0.479 e. The second kappa shape index (κ2) is 2.73. The number of carboxylic acid groups (broad SMARTS) is 2. The van der Waals surface area contributed by atoms with E-state index in [0.29, 0.717) is 11.4 Å². The number of benzene rings is 1. The van der Waals surface area contributed by atoms with Crippen molar-refractivity contribution < 1.29 is 19.8 Å². The number of anilines is 2. The third-order valence-electron chi connectivity index (χ3n) is 2.08. The van der Waals surface area contributed by atoms with E-state index in [0.717, 1.165) is 0 Å². The minimum atomic E-state index is -1.51. The molecule has 0 atom stereocenters. The third kappa shape index (κ3) is 1.10. The lowest BCUT2D eigenvalue weighted by atomic mass is 10.3. The van der Waals surface area contributed by atoms with E-state index in [9.17, 15) is 9.59 Å². The highest BCUT2D eigenvalue weighted by atomic mass is 16.4. The summed E-state index contributed by atoms with van der Waals surface area (Å²) in [7, 11) is 0. The molecule has 0 bridgehead atoms. The largest absolute Gasteiger partial charge is 0.479 e. The van der Waals surface area contributed by atoms with Crippen LogP contribution in [-0.2, 0) is 9.59 Å². The molecule has 1 aliphatic heterocycles. The molecule has 0 saturated heterocycles. The molecule has 0 unspecified atom stereocenters. The average Bonchev–Trinajstić information content (AvgIpc) is 2.79. The fourth-order valence-corrected chi connectivity index (χ4v) is 1.43. The fourth-order valence-electron chi connectivity index (χ4n) is 1.43. The Morgan fingerprint density at radius 3 is 1.86 bits per heavy atom. The van der Waals surface area contributed by atoms with Crippen LogP contribution in [-0.4, -0.2) is 28.2 Å². The van der Waals surface area contributed by atoms with E-state index in [-0.39, 0.29) is 0 Å². The van der Waals surface area contributed by atoms with Gasteiger partial charge in [0.1, 0.15) is 0 Å². The van der Waals surface area contributed by atoms with Crippen molar-refractivity contribution in [2.45, 2.75) is 6.04 Å². The van der Waals surface area contributed by atoms with Crippen molar-refractivity contribution in [3.05, 3.63) is 24.3 Å². The van der Waals surface area contributed by atoms with Crippen molar-refractivity contribution in [2.75, 3.05) is 4.90 Å². The Morgan fingerprint density at radius 1 is 1.07 bits per heavy atom. The van der Waals surface area contributed by atoms with E-state index < -0.39 is 18.0 Å². The first kappa shape index (κ1) is 8.55. The van der Waals surface area contributed by atoms with E-state index >= 15 is 0 Å². The summed E-state index contributed by atoms with van der Waals surface area (Å²) >= 11 is 0. The van der Waals surface area contributed by atoms with Gasteiger partial charge in [-0.2, -0.15) is 0 Å². The molecule has 14 heavy (non-hydrogen) atoms. The summed E-state index contributed by atoms with van der Waals surface area (Å²) in [5.41, 5.74) is 1.34. The van der Waals surface area contributed by atoms with Gasteiger partial charge in [0.15, 0.2) is 0 Å². The van der Waals surface area contributed by atoms with Crippen LogP contribution in [0.15, 0.2) is 24.3 Å². The van der Waals surface area contributed by atoms with Crippen molar-refractivity contribution in [3.8, 4) is 0 Å². The molecule has 72 valence electrons. The average molecular weight is 193 g/mol. The molecule has 1 heterocycles. The molecule has 2 rings (SSSR count). The Bertz CT molecular complexity index is 378. The quantitative estimate of drug-likeness (QED) is 0.545. The van der Waals surface area contributed by atoms with Gasteiger partial charge in [-0.15, -0.1) is 0 Å². The first-order chi connectivity index (χ1) is 6.63. The molecule has 5 nitrogen and oxygen atoms in total. The van der Waals surface area contributed by atoms with Crippen LogP contribution in [0, 0.1) is 0 Å². The molecule has 0 aromatic heterocycles. The Morgan fingerprint density at radius 2 is 1.50 bits per heavy atom. The smallest absolute Gasteiger partial charge is 0.338 e. The highest BCUT2D eigenvalue weighted by Crippen LogP contribution is 2.48. The lowest BCUT2D eigenvalue weighted by molar-refractivity contribution is -0.149. The van der Waals surface area contributed by atoms with Crippen LogP contribution in [0.4, 0.5) is 11.4 Å². The molecule has 2 N–H and O–H groups in total. The van der Waals surface area contributed by atoms with Gasteiger partial charge in [-0.25, -0.2) is 9.59 Å². The van der Waals surface area contributed by atoms with Gasteiger partial charge < -0.3 is 15.1 Å². The van der Waals surface area contributed by atoms with Crippen molar-refractivity contribution in [1.29, 1.82) is 0 Å². The molecular formula is C9H7NO4. The summed E-state index contributed by atoms with van der Waals surface area (Å²) in [5, 5.41) is 17.4. The van der Waals surface area contributed by atoms with Crippen LogP contribution in [0.3, 0.4) is 0 Å². The highest BCUT2D eigenvalue weighted by molar-refractivity contribution is 6.10. The molecule has 0 spiro atoms. The molecule has 0 saturated carbocycles. The van der Waals surface area contributed by atoms with E-state index in [1.807, 2.05) is 0 Å². The van der Waals surface area contributed by atoms with Crippen molar-refractivity contribution in [1.82, 2.24) is 0 Å². The monoisotopic (exact) mass is 193 g/mol. The predicted molar refractivity (Wildman–Crippen MR) is 47.6 cm³/mol. The van der Waals surface area contributed by atoms with Gasteiger partial charge in [-0.05, 0) is 12.1 Å². The molecule has 1 aromatic carbocycles. The maximum atomic E-state index is 10.7. The van der Waals surface area contributed by atoms with Gasteiger partial charge in [-0.1, -0.05) is 12.1 Å². The number of carbonyl (C=O) groups is 2. The summed E-state index contributed by atoms with van der Waals surface area (Å²) in [5.74, 6) is -2.71. The molecule has 0 aliphatic carbocycles. The molecule has 0 fully saturated rings. The third-order valence-corrected chi connectivity index (χ3v) is 2.08. The van der Waals surface area contributed by atoms with E-state index in [4.69, 9.17) is 10.2 Å². The molecule has 0 amide bonds. The van der Waals surface area contributed by atoms with Crippen LogP contribution in [0.1, 0.15) is 0 Å². The second-order valence-electron chi connectivity index (χ2n) is 2.94. The topological polar surface area (TPSA) is 77.6 Å². The zero-order valence-electron chi connectivity index (χ0n) is 7.04. The van der Waals surface area contributed by atoms with Crippen LogP contribution in [0.25, 0.3) is 0 Å². The Kier molecular flexibility index (Phi) is 1.67. The van der Waals surface area contributed by atoms with Gasteiger partial charge >= 0.3 is 11.9 Å². The molecular weight excluding hydrogens is 186 g/mol. The van der Waals surface area contributed by atoms with Gasteiger partial charge in [0.25, 0.3) is 0 Å². The summed E-state index contributed by atoms with van der Waals surface area (Å²) in [6.07, 6.45) is 0. The standard InChI is InChI=1S/C9H7NO4/c11-8(12)7(9(13)14)10-5-3-1-2-4-6(5)10/h1-4,7H,(H,11,12)(H,13,14). The zero-order chi connectivity index (χ0) is 10.3. The fraction of sp³-hybridized carbons (Fsp3) is 0.111. The predicted octanol–water partition coefficient (Wildman–Crippen LogP) is 0.676. The number of rotatable bonds is 3. The number of fused-ring (bicyclic) bond motifs is 1. The van der Waals surface area contributed by atoms with Gasteiger partial charge in [0, 0.05) is 0 Å². The zero-order valence-corrected chi connectivity index (χ0v) is 7.04. The van der Waals surface area contributed by atoms with Gasteiger partial charge in [-0.3, -0.25) is 0 Å². The Hall–Kier alpha value is -2.04. The van der Waals surface area contributed by atoms with E-state index in [1.54, 1.807) is 24.3 Å². The maximum absolute atomic E-state index is 10.7. The molecule has 1 aromatic rings. The number of hydrogen-bond donors (Lipinski definition) is 2. The first-order valence-corrected chi connectivity index (χ1v) is 3.97.